The van der Waals surface area contributed by atoms with E-state index < -0.39 is 0 Å². The summed E-state index contributed by atoms with van der Waals surface area (Å²) in [6.45, 7) is 0.589. The molecule has 0 radical (unpaired) electrons. The first-order valence-corrected chi connectivity index (χ1v) is 7.98. The highest BCUT2D eigenvalue weighted by Crippen LogP contribution is 2.27. The highest BCUT2D eigenvalue weighted by molar-refractivity contribution is 7.99. The maximum Gasteiger partial charge on any atom is 0.273 e. The quantitative estimate of drug-likeness (QED) is 0.663. The number of hydrogen-bond acceptors (Lipinski definition) is 4. The third-order valence-corrected chi connectivity index (χ3v) is 4.92. The van der Waals surface area contributed by atoms with Gasteiger partial charge in [-0.2, -0.15) is 11.8 Å². The molecule has 0 saturated heterocycles. The second kappa shape index (κ2) is 6.91. The fraction of sp³-hybridized carbons (Fsp3) is 0.571. The minimum Gasteiger partial charge on any atom is -0.310 e. The zero-order valence-electron chi connectivity index (χ0n) is 11.2. The normalized spacial score (nSPS) is 23.2. The molecule has 104 valence electrons. The van der Waals surface area contributed by atoms with Crippen molar-refractivity contribution in [3.05, 3.63) is 39.9 Å². The van der Waals surface area contributed by atoms with Gasteiger partial charge in [-0.25, -0.2) is 0 Å². The first kappa shape index (κ1) is 14.3. The van der Waals surface area contributed by atoms with E-state index >= 15 is 0 Å². The summed E-state index contributed by atoms with van der Waals surface area (Å²) >= 11 is 1.95. The second-order valence-electron chi connectivity index (χ2n) is 4.98. The lowest BCUT2D eigenvalue weighted by Gasteiger charge is -2.28. The molecule has 0 unspecified atom stereocenters. The second-order valence-corrected chi connectivity index (χ2v) is 6.11. The summed E-state index contributed by atoms with van der Waals surface area (Å²) in [5.41, 5.74) is 0.993. The molecule has 0 aliphatic heterocycles. The molecule has 0 aromatic heterocycles. The van der Waals surface area contributed by atoms with Crippen molar-refractivity contribution in [2.45, 2.75) is 43.5 Å². The average molecular weight is 280 g/mol. The Kier molecular flexibility index (Phi) is 5.22. The number of thioether (sulfide) groups is 1. The SMILES string of the molecule is CSC1CCC(NCc2ccccc2[N+](=O)[O-])CC1. The molecule has 1 N–H and O–H groups in total. The Labute approximate surface area is 118 Å². The Balaban J connectivity index is 1.88. The van der Waals surface area contributed by atoms with Crippen molar-refractivity contribution in [3.8, 4) is 0 Å². The van der Waals surface area contributed by atoms with E-state index in [2.05, 4.69) is 11.6 Å². The third-order valence-electron chi connectivity index (χ3n) is 3.78. The van der Waals surface area contributed by atoms with E-state index in [0.717, 1.165) is 10.8 Å². The topological polar surface area (TPSA) is 55.2 Å². The van der Waals surface area contributed by atoms with Gasteiger partial charge in [0.05, 0.1) is 4.92 Å². The van der Waals surface area contributed by atoms with Gasteiger partial charge in [-0.3, -0.25) is 10.1 Å². The first-order chi connectivity index (χ1) is 9.20. The molecule has 2 rings (SSSR count). The Bertz CT molecular complexity index is 431. The van der Waals surface area contributed by atoms with Crippen LogP contribution in [0.15, 0.2) is 24.3 Å². The lowest BCUT2D eigenvalue weighted by atomic mass is 9.95. The summed E-state index contributed by atoms with van der Waals surface area (Å²) in [5, 5.41) is 15.2. The van der Waals surface area contributed by atoms with Gasteiger partial charge in [-0.1, -0.05) is 18.2 Å². The molecule has 0 spiro atoms. The molecule has 0 atom stereocenters. The maximum atomic E-state index is 10.9. The number of nitrogens with one attached hydrogen (secondary N) is 1. The molecule has 0 heterocycles. The number of nitro benzene ring substituents is 1. The highest BCUT2D eigenvalue weighted by Gasteiger charge is 2.21. The van der Waals surface area contributed by atoms with Crippen LogP contribution in [0.4, 0.5) is 5.69 Å². The van der Waals surface area contributed by atoms with Gasteiger partial charge >= 0.3 is 0 Å². The molecule has 5 heteroatoms. The van der Waals surface area contributed by atoms with E-state index in [0.29, 0.717) is 12.6 Å². The average Bonchev–Trinajstić information content (AvgIpc) is 2.46. The van der Waals surface area contributed by atoms with Crippen LogP contribution in [-0.4, -0.2) is 22.5 Å². The zero-order chi connectivity index (χ0) is 13.7. The Morgan fingerprint density at radius 3 is 2.63 bits per heavy atom. The van der Waals surface area contributed by atoms with Gasteiger partial charge in [0, 0.05) is 29.5 Å². The van der Waals surface area contributed by atoms with Crippen molar-refractivity contribution < 1.29 is 4.92 Å². The molecular formula is C14H20N2O2S. The van der Waals surface area contributed by atoms with Gasteiger partial charge in [-0.15, -0.1) is 0 Å². The lowest BCUT2D eigenvalue weighted by Crippen LogP contribution is -2.33. The molecule has 19 heavy (non-hydrogen) atoms. The van der Waals surface area contributed by atoms with Gasteiger partial charge in [0.2, 0.25) is 0 Å². The summed E-state index contributed by atoms with van der Waals surface area (Å²) in [4.78, 5) is 10.6. The van der Waals surface area contributed by atoms with Crippen molar-refractivity contribution in [1.82, 2.24) is 5.32 Å². The van der Waals surface area contributed by atoms with Crippen LogP contribution in [0, 0.1) is 10.1 Å². The fourth-order valence-electron chi connectivity index (χ4n) is 2.60. The summed E-state index contributed by atoms with van der Waals surface area (Å²) in [5.74, 6) is 0. The van der Waals surface area contributed by atoms with Crippen molar-refractivity contribution in [2.75, 3.05) is 6.26 Å². The van der Waals surface area contributed by atoms with E-state index in [1.54, 1.807) is 12.1 Å². The minimum atomic E-state index is -0.304. The Morgan fingerprint density at radius 1 is 1.32 bits per heavy atom. The Morgan fingerprint density at radius 2 is 2.00 bits per heavy atom. The molecule has 1 saturated carbocycles. The molecular weight excluding hydrogens is 260 g/mol. The van der Waals surface area contributed by atoms with Crippen LogP contribution in [0.5, 0.6) is 0 Å². The zero-order valence-corrected chi connectivity index (χ0v) is 12.0. The van der Waals surface area contributed by atoms with E-state index in [1.165, 1.54) is 25.7 Å². The molecule has 0 bridgehead atoms. The first-order valence-electron chi connectivity index (χ1n) is 6.69. The minimum absolute atomic E-state index is 0.216. The number of para-hydroxylation sites is 1. The number of benzene rings is 1. The van der Waals surface area contributed by atoms with E-state index in [1.807, 2.05) is 23.9 Å². The van der Waals surface area contributed by atoms with Gasteiger partial charge in [0.15, 0.2) is 0 Å². The van der Waals surface area contributed by atoms with Crippen LogP contribution >= 0.6 is 11.8 Å². The number of nitro groups is 1. The van der Waals surface area contributed by atoms with E-state index in [-0.39, 0.29) is 10.6 Å². The van der Waals surface area contributed by atoms with Gasteiger partial charge in [0.25, 0.3) is 5.69 Å². The molecule has 1 aliphatic rings. The van der Waals surface area contributed by atoms with Crippen LogP contribution in [-0.2, 0) is 6.54 Å². The molecule has 1 aromatic rings. The largest absolute Gasteiger partial charge is 0.310 e. The Hall–Kier alpha value is -1.07. The van der Waals surface area contributed by atoms with Gasteiger partial charge in [-0.05, 0) is 31.9 Å². The van der Waals surface area contributed by atoms with Crippen molar-refractivity contribution in [2.24, 2.45) is 0 Å². The molecule has 1 aromatic carbocycles. The predicted octanol–water partition coefficient (Wildman–Crippen LogP) is 3.36. The van der Waals surface area contributed by atoms with Gasteiger partial charge in [0.1, 0.15) is 0 Å². The summed E-state index contributed by atoms with van der Waals surface area (Å²) in [7, 11) is 0. The molecule has 0 amide bonds. The van der Waals surface area contributed by atoms with Crippen LogP contribution < -0.4 is 5.32 Å². The monoisotopic (exact) mass is 280 g/mol. The lowest BCUT2D eigenvalue weighted by molar-refractivity contribution is -0.385. The van der Waals surface area contributed by atoms with Gasteiger partial charge < -0.3 is 5.32 Å². The maximum absolute atomic E-state index is 10.9. The summed E-state index contributed by atoms with van der Waals surface area (Å²) in [6.07, 6.45) is 7.01. The smallest absolute Gasteiger partial charge is 0.273 e. The van der Waals surface area contributed by atoms with Crippen LogP contribution in [0.3, 0.4) is 0 Å². The molecule has 4 nitrogen and oxygen atoms in total. The van der Waals surface area contributed by atoms with Crippen molar-refractivity contribution in [3.63, 3.8) is 0 Å². The predicted molar refractivity (Wildman–Crippen MR) is 79.5 cm³/mol. The summed E-state index contributed by atoms with van der Waals surface area (Å²) < 4.78 is 0. The highest BCUT2D eigenvalue weighted by atomic mass is 32.2. The number of nitrogens with zero attached hydrogens (tertiary/aromatic N) is 1. The number of hydrogen-bond donors (Lipinski definition) is 1. The van der Waals surface area contributed by atoms with Crippen LogP contribution in [0.1, 0.15) is 31.2 Å². The third kappa shape index (κ3) is 3.94. The molecule has 1 aliphatic carbocycles. The summed E-state index contributed by atoms with van der Waals surface area (Å²) in [6, 6.07) is 7.48. The van der Waals surface area contributed by atoms with E-state index in [9.17, 15) is 10.1 Å². The standard InChI is InChI=1S/C14H20N2O2S/c1-19-13-8-6-12(7-9-13)15-10-11-4-2-3-5-14(11)16(17)18/h2-5,12-13,15H,6-10H2,1H3. The van der Waals surface area contributed by atoms with Crippen molar-refractivity contribution in [1.29, 1.82) is 0 Å². The number of rotatable bonds is 5. The molecule has 1 fully saturated rings. The van der Waals surface area contributed by atoms with Crippen molar-refractivity contribution >= 4 is 17.4 Å². The van der Waals surface area contributed by atoms with Crippen LogP contribution in [0.2, 0.25) is 0 Å². The fourth-order valence-corrected chi connectivity index (χ4v) is 3.34. The van der Waals surface area contributed by atoms with Crippen LogP contribution in [0.25, 0.3) is 0 Å². The van der Waals surface area contributed by atoms with E-state index in [4.69, 9.17) is 0 Å².